The van der Waals surface area contributed by atoms with Crippen molar-refractivity contribution < 1.29 is 9.59 Å². The van der Waals surface area contributed by atoms with Gasteiger partial charge in [-0.15, -0.1) is 10.2 Å². The van der Waals surface area contributed by atoms with E-state index in [-0.39, 0.29) is 23.6 Å². The number of carbonyl (C=O) groups excluding carboxylic acids is 2. The van der Waals surface area contributed by atoms with E-state index in [9.17, 15) is 9.59 Å². The Labute approximate surface area is 199 Å². The van der Waals surface area contributed by atoms with Gasteiger partial charge >= 0.3 is 0 Å². The summed E-state index contributed by atoms with van der Waals surface area (Å²) >= 11 is 1.33. The van der Waals surface area contributed by atoms with Crippen LogP contribution >= 0.6 is 11.8 Å². The number of rotatable bonds is 9. The number of nitrogens with one attached hydrogen (secondary N) is 2. The van der Waals surface area contributed by atoms with Gasteiger partial charge in [-0.25, -0.2) is 0 Å². The van der Waals surface area contributed by atoms with Crippen LogP contribution in [0.5, 0.6) is 0 Å². The Balaban J connectivity index is 1.63. The molecular weight excluding hydrogens is 434 g/mol. The van der Waals surface area contributed by atoms with Gasteiger partial charge in [0.05, 0.1) is 11.8 Å². The van der Waals surface area contributed by atoms with Gasteiger partial charge in [0, 0.05) is 17.8 Å². The number of para-hydroxylation sites is 1. The smallest absolute Gasteiger partial charge is 0.251 e. The van der Waals surface area contributed by atoms with Crippen LogP contribution in [0, 0.1) is 6.92 Å². The molecule has 0 aliphatic heterocycles. The number of nitrogens with zero attached hydrogens (tertiary/aromatic N) is 3. The lowest BCUT2D eigenvalue weighted by molar-refractivity contribution is -0.113. The Kier molecular flexibility index (Phi) is 8.27. The number of aromatic nitrogens is 3. The monoisotopic (exact) mass is 465 g/mol. The van der Waals surface area contributed by atoms with E-state index in [0.29, 0.717) is 29.0 Å². The molecule has 3 rings (SSSR count). The first-order chi connectivity index (χ1) is 15.8. The average Bonchev–Trinajstić information content (AvgIpc) is 3.21. The molecule has 0 saturated heterocycles. The minimum absolute atomic E-state index is 0.0963. The number of aryl methyl sites for hydroxylation is 1. The fraction of sp³-hybridized carbons (Fsp3) is 0.360. The Hall–Kier alpha value is -3.13. The first-order valence-electron chi connectivity index (χ1n) is 11.1. The van der Waals surface area contributed by atoms with Gasteiger partial charge in [-0.05, 0) is 50.5 Å². The molecule has 1 aromatic heterocycles. The fourth-order valence-corrected chi connectivity index (χ4v) is 4.31. The zero-order valence-electron chi connectivity index (χ0n) is 19.8. The van der Waals surface area contributed by atoms with Crippen molar-refractivity contribution in [3.63, 3.8) is 0 Å². The van der Waals surface area contributed by atoms with E-state index < -0.39 is 0 Å². The molecule has 33 heavy (non-hydrogen) atoms. The molecule has 8 heteroatoms. The number of thioether (sulfide) groups is 1. The summed E-state index contributed by atoms with van der Waals surface area (Å²) in [5, 5.41) is 15.2. The van der Waals surface area contributed by atoms with Crippen molar-refractivity contribution in [1.82, 2.24) is 20.1 Å². The van der Waals surface area contributed by atoms with Crippen molar-refractivity contribution in [1.29, 1.82) is 0 Å². The van der Waals surface area contributed by atoms with Gasteiger partial charge < -0.3 is 15.2 Å². The predicted octanol–water partition coefficient (Wildman–Crippen LogP) is 4.95. The minimum atomic E-state index is -0.327. The van der Waals surface area contributed by atoms with E-state index in [1.54, 1.807) is 12.1 Å². The van der Waals surface area contributed by atoms with Crippen LogP contribution in [0.25, 0.3) is 0 Å². The van der Waals surface area contributed by atoms with Gasteiger partial charge in [0.1, 0.15) is 0 Å². The molecule has 0 aliphatic carbocycles. The van der Waals surface area contributed by atoms with Gasteiger partial charge in [-0.1, -0.05) is 61.5 Å². The maximum absolute atomic E-state index is 12.6. The van der Waals surface area contributed by atoms with Crippen molar-refractivity contribution in [3.8, 4) is 0 Å². The zero-order chi connectivity index (χ0) is 24.0. The van der Waals surface area contributed by atoms with Crippen LogP contribution < -0.4 is 10.6 Å². The third kappa shape index (κ3) is 6.22. The largest absolute Gasteiger partial charge is 0.342 e. The fourth-order valence-electron chi connectivity index (χ4n) is 3.50. The Morgan fingerprint density at radius 3 is 2.39 bits per heavy atom. The SMILES string of the molecule is CCn1c(SCC(=O)Nc2ccccc2C(C)C)nnc1[C@@H](C)NC(=O)c1ccc(C)cc1. The normalized spacial score (nSPS) is 11.9. The highest BCUT2D eigenvalue weighted by atomic mass is 32.2. The van der Waals surface area contributed by atoms with E-state index in [1.165, 1.54) is 11.8 Å². The van der Waals surface area contributed by atoms with Crippen LogP contribution in [0.2, 0.25) is 0 Å². The summed E-state index contributed by atoms with van der Waals surface area (Å²) in [6, 6.07) is 14.9. The van der Waals surface area contributed by atoms with Gasteiger partial charge in [0.25, 0.3) is 5.91 Å². The summed E-state index contributed by atoms with van der Waals surface area (Å²) < 4.78 is 1.93. The standard InChI is InChI=1S/C25H31N5O2S/c1-6-30-23(18(5)26-24(32)19-13-11-17(4)12-14-19)28-29-25(30)33-15-22(31)27-21-10-8-7-9-20(21)16(2)3/h7-14,16,18H,6,15H2,1-5H3,(H,26,32)(H,27,31)/t18-/m1/s1. The van der Waals surface area contributed by atoms with E-state index in [4.69, 9.17) is 0 Å². The second kappa shape index (κ2) is 11.1. The first kappa shape index (κ1) is 24.5. The predicted molar refractivity (Wildman–Crippen MR) is 133 cm³/mol. The summed E-state index contributed by atoms with van der Waals surface area (Å²) in [7, 11) is 0. The molecule has 0 radical (unpaired) electrons. The molecule has 174 valence electrons. The third-order valence-corrected chi connectivity index (χ3v) is 6.27. The summed E-state index contributed by atoms with van der Waals surface area (Å²) in [5.41, 5.74) is 3.64. The molecule has 0 bridgehead atoms. The number of benzene rings is 2. The molecule has 2 N–H and O–H groups in total. The van der Waals surface area contributed by atoms with Crippen LogP contribution in [0.15, 0.2) is 53.7 Å². The highest BCUT2D eigenvalue weighted by Gasteiger charge is 2.20. The van der Waals surface area contributed by atoms with Crippen LogP contribution in [0.1, 0.15) is 67.0 Å². The van der Waals surface area contributed by atoms with E-state index in [2.05, 4.69) is 34.7 Å². The number of hydrogen-bond acceptors (Lipinski definition) is 5. The van der Waals surface area contributed by atoms with E-state index in [1.807, 2.05) is 61.7 Å². The molecule has 0 unspecified atom stereocenters. The maximum Gasteiger partial charge on any atom is 0.251 e. The van der Waals surface area contributed by atoms with Crippen LogP contribution in [-0.4, -0.2) is 32.3 Å². The Morgan fingerprint density at radius 1 is 1.03 bits per heavy atom. The van der Waals surface area contributed by atoms with Gasteiger partial charge in [-0.2, -0.15) is 0 Å². The second-order valence-corrected chi connectivity index (χ2v) is 9.17. The minimum Gasteiger partial charge on any atom is -0.342 e. The lowest BCUT2D eigenvalue weighted by Gasteiger charge is -2.15. The Morgan fingerprint density at radius 2 is 1.73 bits per heavy atom. The molecule has 1 atom stereocenters. The molecule has 0 fully saturated rings. The first-order valence-corrected chi connectivity index (χ1v) is 12.1. The summed E-state index contributed by atoms with van der Waals surface area (Å²) in [6.07, 6.45) is 0. The number of anilines is 1. The van der Waals surface area contributed by atoms with Gasteiger partial charge in [0.2, 0.25) is 5.91 Å². The third-order valence-electron chi connectivity index (χ3n) is 5.30. The summed E-state index contributed by atoms with van der Waals surface area (Å²) in [4.78, 5) is 25.2. The summed E-state index contributed by atoms with van der Waals surface area (Å²) in [5.74, 6) is 0.934. The van der Waals surface area contributed by atoms with Crippen molar-refractivity contribution in [2.45, 2.75) is 58.3 Å². The number of carbonyl (C=O) groups is 2. The lowest BCUT2D eigenvalue weighted by atomic mass is 10.0. The van der Waals surface area contributed by atoms with E-state index >= 15 is 0 Å². The molecule has 0 aliphatic rings. The highest BCUT2D eigenvalue weighted by Crippen LogP contribution is 2.25. The molecule has 3 aromatic rings. The number of amides is 2. The topological polar surface area (TPSA) is 88.9 Å². The van der Waals surface area contributed by atoms with Gasteiger partial charge in [0.15, 0.2) is 11.0 Å². The quantitative estimate of drug-likeness (QED) is 0.437. The zero-order valence-corrected chi connectivity index (χ0v) is 20.6. The lowest BCUT2D eigenvalue weighted by Crippen LogP contribution is -2.28. The van der Waals surface area contributed by atoms with Crippen LogP contribution in [0.4, 0.5) is 5.69 Å². The van der Waals surface area contributed by atoms with Crippen molar-refractivity contribution in [2.75, 3.05) is 11.1 Å². The van der Waals surface area contributed by atoms with E-state index in [0.717, 1.165) is 16.8 Å². The molecule has 0 spiro atoms. The summed E-state index contributed by atoms with van der Waals surface area (Å²) in [6.45, 7) is 10.7. The van der Waals surface area contributed by atoms with Crippen molar-refractivity contribution >= 4 is 29.3 Å². The Bertz CT molecular complexity index is 1110. The number of hydrogen-bond donors (Lipinski definition) is 2. The highest BCUT2D eigenvalue weighted by molar-refractivity contribution is 7.99. The van der Waals surface area contributed by atoms with Crippen LogP contribution in [-0.2, 0) is 11.3 Å². The van der Waals surface area contributed by atoms with Crippen molar-refractivity contribution in [3.05, 3.63) is 71.0 Å². The van der Waals surface area contributed by atoms with Gasteiger partial charge in [-0.3, -0.25) is 9.59 Å². The second-order valence-electron chi connectivity index (χ2n) is 8.23. The molecule has 2 amide bonds. The maximum atomic E-state index is 12.6. The molecule has 1 heterocycles. The van der Waals surface area contributed by atoms with Crippen molar-refractivity contribution in [2.24, 2.45) is 0 Å². The molecule has 0 saturated carbocycles. The average molecular weight is 466 g/mol. The van der Waals surface area contributed by atoms with Crippen LogP contribution in [0.3, 0.4) is 0 Å². The molecule has 2 aromatic carbocycles. The molecular formula is C25H31N5O2S. The molecule has 7 nitrogen and oxygen atoms in total.